The third kappa shape index (κ3) is 2.87. The molecule has 2 unspecified atom stereocenters. The molecule has 0 saturated heterocycles. The van der Waals surface area contributed by atoms with Gasteiger partial charge < -0.3 is 10.1 Å². The number of nitrogens with zero attached hydrogens (tertiary/aromatic N) is 2. The minimum atomic E-state index is 0.268. The Kier molecular flexibility index (Phi) is 4.65. The number of aromatic nitrogens is 2. The first-order valence-electron chi connectivity index (χ1n) is 6.56. The van der Waals surface area contributed by atoms with Crippen LogP contribution < -0.4 is 5.32 Å². The molecule has 1 aromatic rings. The predicted octanol–water partition coefficient (Wildman–Crippen LogP) is 2.49. The fraction of sp³-hybridized carbons (Fsp3) is 0.769. The van der Waals surface area contributed by atoms with E-state index in [2.05, 4.69) is 17.3 Å². The summed E-state index contributed by atoms with van der Waals surface area (Å²) in [6, 6.07) is 0.268. The SMILES string of the molecule is CNC(c1c(Cl)cnn1CCOC)C(C)C1CC1. The second-order valence-electron chi connectivity index (χ2n) is 5.06. The zero-order valence-corrected chi connectivity index (χ0v) is 12.1. The van der Waals surface area contributed by atoms with E-state index in [9.17, 15) is 0 Å². The summed E-state index contributed by atoms with van der Waals surface area (Å²) in [5.41, 5.74) is 1.09. The molecule has 1 heterocycles. The van der Waals surface area contributed by atoms with Crippen LogP contribution in [0.1, 0.15) is 31.5 Å². The highest BCUT2D eigenvalue weighted by atomic mass is 35.5. The molecule has 0 bridgehead atoms. The van der Waals surface area contributed by atoms with Crippen molar-refractivity contribution in [3.05, 3.63) is 16.9 Å². The molecule has 5 heteroatoms. The van der Waals surface area contributed by atoms with Crippen LogP contribution in [0.15, 0.2) is 6.20 Å². The molecule has 1 N–H and O–H groups in total. The number of hydrogen-bond acceptors (Lipinski definition) is 3. The van der Waals surface area contributed by atoms with E-state index in [0.29, 0.717) is 12.5 Å². The van der Waals surface area contributed by atoms with Gasteiger partial charge in [0, 0.05) is 7.11 Å². The molecule has 0 radical (unpaired) electrons. The van der Waals surface area contributed by atoms with Gasteiger partial charge in [-0.2, -0.15) is 5.10 Å². The van der Waals surface area contributed by atoms with Gasteiger partial charge in [-0.15, -0.1) is 0 Å². The van der Waals surface area contributed by atoms with E-state index in [4.69, 9.17) is 16.3 Å². The van der Waals surface area contributed by atoms with Crippen LogP contribution >= 0.6 is 11.6 Å². The Morgan fingerprint density at radius 2 is 2.33 bits per heavy atom. The van der Waals surface area contributed by atoms with Crippen LogP contribution in [0.2, 0.25) is 5.02 Å². The quantitative estimate of drug-likeness (QED) is 0.828. The molecule has 18 heavy (non-hydrogen) atoms. The van der Waals surface area contributed by atoms with E-state index >= 15 is 0 Å². The first-order chi connectivity index (χ1) is 8.69. The van der Waals surface area contributed by atoms with Crippen molar-refractivity contribution in [3.8, 4) is 0 Å². The lowest BCUT2D eigenvalue weighted by Gasteiger charge is -2.25. The molecule has 4 nitrogen and oxygen atoms in total. The van der Waals surface area contributed by atoms with E-state index in [1.54, 1.807) is 13.3 Å². The fourth-order valence-electron chi connectivity index (χ4n) is 2.58. The molecule has 1 aliphatic rings. The minimum Gasteiger partial charge on any atom is -0.383 e. The van der Waals surface area contributed by atoms with Gasteiger partial charge in [-0.3, -0.25) is 4.68 Å². The molecule has 2 atom stereocenters. The summed E-state index contributed by atoms with van der Waals surface area (Å²) < 4.78 is 7.08. The summed E-state index contributed by atoms with van der Waals surface area (Å²) in [6.07, 6.45) is 4.41. The van der Waals surface area contributed by atoms with E-state index in [0.717, 1.165) is 23.2 Å². The molecule has 2 rings (SSSR count). The molecule has 1 aliphatic carbocycles. The smallest absolute Gasteiger partial charge is 0.0834 e. The van der Waals surface area contributed by atoms with Gasteiger partial charge in [-0.05, 0) is 31.7 Å². The topological polar surface area (TPSA) is 39.1 Å². The van der Waals surface area contributed by atoms with Gasteiger partial charge in [0.1, 0.15) is 0 Å². The molecular weight excluding hydrogens is 250 g/mol. The van der Waals surface area contributed by atoms with Gasteiger partial charge >= 0.3 is 0 Å². The van der Waals surface area contributed by atoms with Crippen LogP contribution in [0.4, 0.5) is 0 Å². The van der Waals surface area contributed by atoms with E-state index in [1.807, 2.05) is 11.7 Å². The van der Waals surface area contributed by atoms with Gasteiger partial charge in [0.05, 0.1) is 36.1 Å². The second-order valence-corrected chi connectivity index (χ2v) is 5.46. The maximum absolute atomic E-state index is 6.30. The third-order valence-corrected chi connectivity index (χ3v) is 4.13. The van der Waals surface area contributed by atoms with Crippen LogP contribution in [0.3, 0.4) is 0 Å². The van der Waals surface area contributed by atoms with E-state index in [-0.39, 0.29) is 6.04 Å². The Labute approximate surface area is 114 Å². The van der Waals surface area contributed by atoms with Crippen LogP contribution in [0.25, 0.3) is 0 Å². The maximum Gasteiger partial charge on any atom is 0.0834 e. The Bertz CT molecular complexity index is 390. The minimum absolute atomic E-state index is 0.268. The lowest BCUT2D eigenvalue weighted by Crippen LogP contribution is -2.28. The number of methoxy groups -OCH3 is 1. The molecule has 102 valence electrons. The summed E-state index contributed by atoms with van der Waals surface area (Å²) in [4.78, 5) is 0. The summed E-state index contributed by atoms with van der Waals surface area (Å²) in [7, 11) is 3.70. The van der Waals surface area contributed by atoms with Gasteiger partial charge in [0.15, 0.2) is 0 Å². The summed E-state index contributed by atoms with van der Waals surface area (Å²) in [5, 5.41) is 8.49. The molecule has 1 saturated carbocycles. The largest absolute Gasteiger partial charge is 0.383 e. The highest BCUT2D eigenvalue weighted by Gasteiger charge is 2.35. The average Bonchev–Trinajstić information content (AvgIpc) is 3.15. The van der Waals surface area contributed by atoms with Crippen LogP contribution in [-0.2, 0) is 11.3 Å². The van der Waals surface area contributed by atoms with Gasteiger partial charge in [-0.25, -0.2) is 0 Å². The molecular formula is C13H22ClN3O. The van der Waals surface area contributed by atoms with Crippen molar-refractivity contribution in [1.82, 2.24) is 15.1 Å². The molecule has 0 aliphatic heterocycles. The fourth-order valence-corrected chi connectivity index (χ4v) is 2.84. The van der Waals surface area contributed by atoms with E-state index < -0.39 is 0 Å². The highest BCUT2D eigenvalue weighted by molar-refractivity contribution is 6.31. The number of ether oxygens (including phenoxy) is 1. The Morgan fingerprint density at radius 3 is 2.89 bits per heavy atom. The van der Waals surface area contributed by atoms with Crippen LogP contribution in [0, 0.1) is 11.8 Å². The first-order valence-corrected chi connectivity index (χ1v) is 6.94. The lowest BCUT2D eigenvalue weighted by atomic mass is 9.94. The Balaban J connectivity index is 2.19. The summed E-state index contributed by atoms with van der Waals surface area (Å²) in [6.45, 7) is 3.69. The van der Waals surface area contributed by atoms with Gasteiger partial charge in [0.2, 0.25) is 0 Å². The number of hydrogen-bond donors (Lipinski definition) is 1. The van der Waals surface area contributed by atoms with Crippen molar-refractivity contribution in [3.63, 3.8) is 0 Å². The van der Waals surface area contributed by atoms with Crippen molar-refractivity contribution >= 4 is 11.6 Å². The monoisotopic (exact) mass is 271 g/mol. The van der Waals surface area contributed by atoms with Crippen LogP contribution in [-0.4, -0.2) is 30.5 Å². The van der Waals surface area contributed by atoms with Crippen molar-refractivity contribution in [2.75, 3.05) is 20.8 Å². The third-order valence-electron chi connectivity index (χ3n) is 3.84. The molecule has 1 fully saturated rings. The maximum atomic E-state index is 6.30. The van der Waals surface area contributed by atoms with Crippen molar-refractivity contribution in [2.45, 2.75) is 32.4 Å². The van der Waals surface area contributed by atoms with E-state index in [1.165, 1.54) is 12.8 Å². The number of nitrogens with one attached hydrogen (secondary N) is 1. The summed E-state index contributed by atoms with van der Waals surface area (Å²) in [5.74, 6) is 1.41. The number of rotatable bonds is 7. The summed E-state index contributed by atoms with van der Waals surface area (Å²) >= 11 is 6.30. The Hall–Kier alpha value is -0.580. The molecule has 0 spiro atoms. The Morgan fingerprint density at radius 1 is 1.61 bits per heavy atom. The van der Waals surface area contributed by atoms with Gasteiger partial charge in [0.25, 0.3) is 0 Å². The average molecular weight is 272 g/mol. The number of halogens is 1. The zero-order chi connectivity index (χ0) is 13.1. The standard InChI is InChI=1S/C13H22ClN3O/c1-9(10-4-5-10)12(15-2)13-11(14)8-16-17(13)6-7-18-3/h8-10,12,15H,4-7H2,1-3H3. The van der Waals surface area contributed by atoms with Crippen molar-refractivity contribution in [1.29, 1.82) is 0 Å². The molecule has 1 aromatic heterocycles. The molecule has 0 aromatic carbocycles. The lowest BCUT2D eigenvalue weighted by molar-refractivity contribution is 0.180. The van der Waals surface area contributed by atoms with Crippen molar-refractivity contribution < 1.29 is 4.74 Å². The normalized spacial score (nSPS) is 18.9. The molecule has 0 amide bonds. The zero-order valence-electron chi connectivity index (χ0n) is 11.3. The van der Waals surface area contributed by atoms with Crippen molar-refractivity contribution in [2.24, 2.45) is 11.8 Å². The second kappa shape index (κ2) is 6.04. The highest BCUT2D eigenvalue weighted by Crippen LogP contribution is 2.43. The van der Waals surface area contributed by atoms with Gasteiger partial charge in [-0.1, -0.05) is 18.5 Å². The first kappa shape index (κ1) is 13.8. The van der Waals surface area contributed by atoms with Crippen LogP contribution in [0.5, 0.6) is 0 Å². The predicted molar refractivity (Wildman–Crippen MR) is 72.8 cm³/mol.